The fraction of sp³-hybridized carbons (Fsp3) is 0.923. The lowest BCUT2D eigenvalue weighted by Crippen LogP contribution is -2.37. The number of amides is 1. The van der Waals surface area contributed by atoms with Crippen LogP contribution >= 0.6 is 0 Å². The van der Waals surface area contributed by atoms with Gasteiger partial charge in [0.2, 0.25) is 15.9 Å². The van der Waals surface area contributed by atoms with Crippen LogP contribution in [0.15, 0.2) is 0 Å². The van der Waals surface area contributed by atoms with Crippen LogP contribution in [-0.2, 0) is 14.8 Å². The van der Waals surface area contributed by atoms with Gasteiger partial charge in [-0.2, -0.15) is 0 Å². The Kier molecular flexibility index (Phi) is 6.42. The minimum atomic E-state index is -3.61. The Balaban J connectivity index is 2.44. The van der Waals surface area contributed by atoms with Crippen LogP contribution in [0.4, 0.5) is 0 Å². The molecular weight excluding hydrogens is 278 g/mol. The molecule has 7 heteroatoms. The Morgan fingerprint density at radius 3 is 2.45 bits per heavy atom. The monoisotopic (exact) mass is 305 g/mol. The third-order valence-electron chi connectivity index (χ3n) is 4.11. The van der Waals surface area contributed by atoms with Crippen molar-refractivity contribution in [3.63, 3.8) is 0 Å². The van der Waals surface area contributed by atoms with Gasteiger partial charge in [0.15, 0.2) is 0 Å². The van der Waals surface area contributed by atoms with Crippen LogP contribution in [0.5, 0.6) is 0 Å². The number of carbonyl (C=O) groups is 1. The topological polar surface area (TPSA) is 83.7 Å². The molecule has 1 aliphatic rings. The number of hydrogen-bond acceptors (Lipinski definition) is 4. The van der Waals surface area contributed by atoms with Crippen molar-refractivity contribution in [3.05, 3.63) is 0 Å². The zero-order valence-corrected chi connectivity index (χ0v) is 13.5. The fourth-order valence-electron chi connectivity index (χ4n) is 2.65. The van der Waals surface area contributed by atoms with Gasteiger partial charge in [-0.25, -0.2) is 13.6 Å². The van der Waals surface area contributed by atoms with Crippen LogP contribution < -0.4 is 5.14 Å². The van der Waals surface area contributed by atoms with Gasteiger partial charge in [-0.15, -0.1) is 0 Å². The third-order valence-corrected chi connectivity index (χ3v) is 5.36. The van der Waals surface area contributed by atoms with Gasteiger partial charge < -0.3 is 9.80 Å². The maximum atomic E-state index is 11.9. The van der Waals surface area contributed by atoms with E-state index in [9.17, 15) is 13.2 Å². The summed E-state index contributed by atoms with van der Waals surface area (Å²) >= 11 is 0. The molecule has 2 N–H and O–H groups in total. The standard InChI is InChI=1S/C13H27N3O3S/c1-4-15(5-2)8-6-7-11(3)16-10-12(9-13(16)17)20(14,18)19/h11-12H,4-10H2,1-3H3,(H2,14,18,19). The van der Waals surface area contributed by atoms with E-state index in [1.807, 2.05) is 6.92 Å². The van der Waals surface area contributed by atoms with E-state index in [0.717, 1.165) is 32.5 Å². The van der Waals surface area contributed by atoms with Crippen LogP contribution in [0.25, 0.3) is 0 Å². The number of primary sulfonamides is 1. The van der Waals surface area contributed by atoms with Crippen LogP contribution in [0.2, 0.25) is 0 Å². The third kappa shape index (κ3) is 4.71. The highest BCUT2D eigenvalue weighted by Gasteiger charge is 2.38. The predicted octanol–water partition coefficient (Wildman–Crippen LogP) is 0.386. The highest BCUT2D eigenvalue weighted by molar-refractivity contribution is 7.89. The molecule has 2 unspecified atom stereocenters. The lowest BCUT2D eigenvalue weighted by molar-refractivity contribution is -0.129. The summed E-state index contributed by atoms with van der Waals surface area (Å²) in [7, 11) is -3.61. The molecule has 1 saturated heterocycles. The summed E-state index contributed by atoms with van der Waals surface area (Å²) < 4.78 is 22.6. The summed E-state index contributed by atoms with van der Waals surface area (Å²) in [4.78, 5) is 15.9. The van der Waals surface area contributed by atoms with Gasteiger partial charge >= 0.3 is 0 Å². The summed E-state index contributed by atoms with van der Waals surface area (Å²) in [5.74, 6) is -0.0978. The van der Waals surface area contributed by atoms with Crippen molar-refractivity contribution in [3.8, 4) is 0 Å². The Morgan fingerprint density at radius 1 is 1.40 bits per heavy atom. The first kappa shape index (κ1) is 17.4. The highest BCUT2D eigenvalue weighted by Crippen LogP contribution is 2.21. The van der Waals surface area contributed by atoms with Crippen molar-refractivity contribution in [2.45, 2.75) is 51.3 Å². The van der Waals surface area contributed by atoms with Crippen LogP contribution in [0.3, 0.4) is 0 Å². The molecule has 0 aromatic carbocycles. The molecule has 6 nitrogen and oxygen atoms in total. The first-order valence-corrected chi connectivity index (χ1v) is 8.93. The molecule has 1 heterocycles. The lowest BCUT2D eigenvalue weighted by Gasteiger charge is -2.26. The van der Waals surface area contributed by atoms with E-state index in [2.05, 4.69) is 18.7 Å². The Bertz CT molecular complexity index is 421. The molecule has 118 valence electrons. The van der Waals surface area contributed by atoms with Gasteiger partial charge in [-0.05, 0) is 39.4 Å². The van der Waals surface area contributed by atoms with Crippen molar-refractivity contribution >= 4 is 15.9 Å². The van der Waals surface area contributed by atoms with Crippen molar-refractivity contribution in [1.29, 1.82) is 0 Å². The molecular formula is C13H27N3O3S. The molecule has 1 aliphatic heterocycles. The van der Waals surface area contributed by atoms with Crippen molar-refractivity contribution in [2.75, 3.05) is 26.2 Å². The van der Waals surface area contributed by atoms with E-state index < -0.39 is 15.3 Å². The van der Waals surface area contributed by atoms with E-state index in [1.54, 1.807) is 4.90 Å². The maximum absolute atomic E-state index is 11.9. The first-order valence-electron chi connectivity index (χ1n) is 7.33. The van der Waals surface area contributed by atoms with E-state index in [-0.39, 0.29) is 24.9 Å². The summed E-state index contributed by atoms with van der Waals surface area (Å²) in [5, 5.41) is 4.39. The molecule has 0 aromatic rings. The SMILES string of the molecule is CCN(CC)CCCC(C)N1CC(S(N)(=O)=O)CC1=O. The summed E-state index contributed by atoms with van der Waals surface area (Å²) in [6.45, 7) is 9.55. The minimum Gasteiger partial charge on any atom is -0.339 e. The number of likely N-dealkylation sites (tertiary alicyclic amines) is 1. The van der Waals surface area contributed by atoms with Gasteiger partial charge in [0.05, 0.1) is 0 Å². The van der Waals surface area contributed by atoms with Crippen LogP contribution in [-0.4, -0.2) is 61.6 Å². The number of sulfonamides is 1. The lowest BCUT2D eigenvalue weighted by atomic mass is 10.1. The van der Waals surface area contributed by atoms with E-state index in [1.165, 1.54) is 0 Å². The normalized spacial score (nSPS) is 21.8. The zero-order chi connectivity index (χ0) is 15.3. The molecule has 2 atom stereocenters. The molecule has 20 heavy (non-hydrogen) atoms. The predicted molar refractivity (Wildman–Crippen MR) is 79.7 cm³/mol. The molecule has 0 spiro atoms. The Labute approximate surface area is 122 Å². The Hall–Kier alpha value is -0.660. The molecule has 0 aromatic heterocycles. The second kappa shape index (κ2) is 7.38. The number of nitrogens with two attached hydrogens (primary N) is 1. The Morgan fingerprint density at radius 2 is 2.00 bits per heavy atom. The number of carbonyl (C=O) groups excluding carboxylic acids is 1. The first-order chi connectivity index (χ1) is 9.29. The summed E-state index contributed by atoms with van der Waals surface area (Å²) in [6, 6.07) is 0.0739. The summed E-state index contributed by atoms with van der Waals surface area (Å²) in [6.07, 6.45) is 1.92. The second-order valence-corrected chi connectivity index (χ2v) is 7.32. The molecule has 1 rings (SSSR count). The average molecular weight is 305 g/mol. The van der Waals surface area contributed by atoms with Crippen molar-refractivity contribution < 1.29 is 13.2 Å². The molecule has 0 saturated carbocycles. The maximum Gasteiger partial charge on any atom is 0.224 e. The molecule has 0 radical (unpaired) electrons. The molecule has 0 aliphatic carbocycles. The minimum absolute atomic E-state index is 0.0270. The average Bonchev–Trinajstić information content (AvgIpc) is 2.76. The smallest absolute Gasteiger partial charge is 0.224 e. The largest absolute Gasteiger partial charge is 0.339 e. The van der Waals surface area contributed by atoms with Crippen LogP contribution in [0.1, 0.15) is 40.0 Å². The molecule has 1 amide bonds. The summed E-state index contributed by atoms with van der Waals surface area (Å²) in [5.41, 5.74) is 0. The van der Waals surface area contributed by atoms with E-state index in [4.69, 9.17) is 5.14 Å². The van der Waals surface area contributed by atoms with Crippen molar-refractivity contribution in [2.24, 2.45) is 5.14 Å². The second-order valence-electron chi connectivity index (χ2n) is 5.48. The van der Waals surface area contributed by atoms with Gasteiger partial charge in [-0.3, -0.25) is 4.79 Å². The van der Waals surface area contributed by atoms with Gasteiger partial charge in [-0.1, -0.05) is 13.8 Å². The van der Waals surface area contributed by atoms with Crippen LogP contribution in [0, 0.1) is 0 Å². The van der Waals surface area contributed by atoms with E-state index >= 15 is 0 Å². The highest BCUT2D eigenvalue weighted by atomic mass is 32.2. The molecule has 1 fully saturated rings. The van der Waals surface area contributed by atoms with Crippen molar-refractivity contribution in [1.82, 2.24) is 9.80 Å². The van der Waals surface area contributed by atoms with Gasteiger partial charge in [0.1, 0.15) is 5.25 Å². The van der Waals surface area contributed by atoms with E-state index in [0.29, 0.717) is 0 Å². The fourth-order valence-corrected chi connectivity index (χ4v) is 3.39. The number of nitrogens with zero attached hydrogens (tertiary/aromatic N) is 2. The number of rotatable bonds is 8. The van der Waals surface area contributed by atoms with Gasteiger partial charge in [0, 0.05) is 19.0 Å². The zero-order valence-electron chi connectivity index (χ0n) is 12.7. The quantitative estimate of drug-likeness (QED) is 0.703. The van der Waals surface area contributed by atoms with Gasteiger partial charge in [0.25, 0.3) is 0 Å². The molecule has 0 bridgehead atoms. The number of hydrogen-bond donors (Lipinski definition) is 1.